The molecule has 0 bridgehead atoms. The van der Waals surface area contributed by atoms with Crippen molar-refractivity contribution in [2.24, 2.45) is 28.3 Å². The molecule has 4 unspecified atom stereocenters. The van der Waals surface area contributed by atoms with E-state index in [1.165, 1.54) is 23.3 Å². The normalized spacial score (nSPS) is 27.9. The van der Waals surface area contributed by atoms with Gasteiger partial charge in [0.1, 0.15) is 17.2 Å². The fourth-order valence-electron chi connectivity index (χ4n) is 7.86. The Labute approximate surface area is 250 Å². The second-order valence-corrected chi connectivity index (χ2v) is 12.2. The van der Waals surface area contributed by atoms with E-state index in [1.807, 2.05) is 19.1 Å². The van der Waals surface area contributed by atoms with Crippen molar-refractivity contribution in [3.63, 3.8) is 0 Å². The Morgan fingerprint density at radius 2 is 1.77 bits per heavy atom. The third-order valence-electron chi connectivity index (χ3n) is 10.0. The summed E-state index contributed by atoms with van der Waals surface area (Å²) >= 11 is 0. The molecule has 3 aromatic rings. The van der Waals surface area contributed by atoms with E-state index in [0.717, 1.165) is 25.7 Å². The van der Waals surface area contributed by atoms with Gasteiger partial charge in [0, 0.05) is 23.3 Å². The van der Waals surface area contributed by atoms with Crippen LogP contribution in [0.15, 0.2) is 71.9 Å². The first kappa shape index (κ1) is 28.9. The quantitative estimate of drug-likeness (QED) is 0.148. The first-order valence-corrected chi connectivity index (χ1v) is 15.0. The molecule has 0 saturated heterocycles. The minimum atomic E-state index is -0.851. The summed E-state index contributed by atoms with van der Waals surface area (Å²) in [5, 5.41) is 37.0. The number of nitrogens with zero attached hydrogens (tertiary/aromatic N) is 2. The Hall–Kier alpha value is -4.24. The van der Waals surface area contributed by atoms with Crippen LogP contribution in [0.2, 0.25) is 0 Å². The molecule has 0 aliphatic heterocycles. The van der Waals surface area contributed by atoms with Gasteiger partial charge in [-0.25, -0.2) is 4.79 Å². The number of rotatable bonds is 7. The monoisotopic (exact) mass is 584 g/mol. The van der Waals surface area contributed by atoms with E-state index in [-0.39, 0.29) is 17.4 Å². The van der Waals surface area contributed by atoms with Gasteiger partial charge in [0.05, 0.1) is 23.6 Å². The lowest BCUT2D eigenvalue weighted by Crippen LogP contribution is -2.44. The number of ether oxygens (including phenoxy) is 1. The molecule has 0 heterocycles. The molecule has 2 saturated carbocycles. The van der Waals surface area contributed by atoms with Crippen LogP contribution < -0.4 is 4.74 Å². The van der Waals surface area contributed by atoms with Crippen LogP contribution in [0, 0.1) is 33.3 Å². The highest BCUT2D eigenvalue weighted by Crippen LogP contribution is 2.62. The number of aliphatic hydroxyl groups is 1. The third kappa shape index (κ3) is 5.27. The van der Waals surface area contributed by atoms with Crippen LogP contribution in [0.4, 0.5) is 5.69 Å². The summed E-state index contributed by atoms with van der Waals surface area (Å²) in [4.78, 5) is 29.9. The van der Waals surface area contributed by atoms with Crippen molar-refractivity contribution >= 4 is 17.4 Å². The van der Waals surface area contributed by atoms with Gasteiger partial charge in [-0.1, -0.05) is 18.1 Å². The topological polar surface area (TPSA) is 131 Å². The number of aryl methyl sites for hydroxylation is 1. The fourth-order valence-corrected chi connectivity index (χ4v) is 7.86. The van der Waals surface area contributed by atoms with Crippen LogP contribution in [0.25, 0.3) is 0 Å². The molecular formula is C34H36N2O7. The van der Waals surface area contributed by atoms with Gasteiger partial charge in [0.25, 0.3) is 5.69 Å². The lowest BCUT2D eigenvalue weighted by molar-refractivity contribution is -0.384. The zero-order valence-electron chi connectivity index (χ0n) is 24.3. The molecule has 6 rings (SSSR count). The summed E-state index contributed by atoms with van der Waals surface area (Å²) in [7, 11) is 0. The van der Waals surface area contributed by atoms with Crippen molar-refractivity contribution in [3.05, 3.63) is 99.1 Å². The molecule has 0 radical (unpaired) electrons. The Balaban J connectivity index is 1.25. The van der Waals surface area contributed by atoms with Crippen molar-refractivity contribution in [2.75, 3.05) is 6.61 Å². The highest BCUT2D eigenvalue weighted by molar-refractivity contribution is 6.13. The molecule has 0 amide bonds. The van der Waals surface area contributed by atoms with Gasteiger partial charge in [-0.3, -0.25) is 10.1 Å². The van der Waals surface area contributed by atoms with Crippen molar-refractivity contribution in [1.29, 1.82) is 0 Å². The van der Waals surface area contributed by atoms with Gasteiger partial charge in [-0.2, -0.15) is 0 Å². The number of carbonyl (C=O) groups excluding carboxylic acids is 1. The van der Waals surface area contributed by atoms with Crippen LogP contribution in [0.3, 0.4) is 0 Å². The molecule has 43 heavy (non-hydrogen) atoms. The number of aliphatic hydroxyl groups excluding tert-OH is 1. The molecule has 224 valence electrons. The predicted octanol–water partition coefficient (Wildman–Crippen LogP) is 6.14. The Kier molecular flexibility index (Phi) is 7.68. The molecule has 3 aromatic carbocycles. The SMILES string of the molecule is CCOc1ccc(C(=NOC(=O)C2CC3C4CCc5cc(O)ccc5C4CC[C@]3(C)[C@H]2O)c2ccc([N+](=O)[O-])cc2)cc1. The largest absolute Gasteiger partial charge is 0.508 e. The van der Waals surface area contributed by atoms with Gasteiger partial charge >= 0.3 is 5.97 Å². The maximum atomic E-state index is 13.6. The van der Waals surface area contributed by atoms with Gasteiger partial charge in [-0.15, -0.1) is 0 Å². The number of non-ortho nitro benzene ring substituents is 1. The summed E-state index contributed by atoms with van der Waals surface area (Å²) in [6.45, 7) is 4.51. The number of phenols is 1. The number of hydrogen-bond donors (Lipinski definition) is 2. The lowest BCUT2D eigenvalue weighted by Gasteiger charge is -2.50. The number of hydrogen-bond acceptors (Lipinski definition) is 8. The number of nitro benzene ring substituents is 1. The predicted molar refractivity (Wildman–Crippen MR) is 160 cm³/mol. The third-order valence-corrected chi connectivity index (χ3v) is 10.0. The maximum Gasteiger partial charge on any atom is 0.340 e. The van der Waals surface area contributed by atoms with E-state index < -0.39 is 28.3 Å². The van der Waals surface area contributed by atoms with Gasteiger partial charge in [0.2, 0.25) is 0 Å². The number of benzene rings is 3. The van der Waals surface area contributed by atoms with Crippen molar-refractivity contribution < 1.29 is 29.5 Å². The molecule has 2 fully saturated rings. The Morgan fingerprint density at radius 1 is 1.07 bits per heavy atom. The highest BCUT2D eigenvalue weighted by atomic mass is 16.7. The first-order valence-electron chi connectivity index (χ1n) is 15.0. The lowest BCUT2D eigenvalue weighted by atomic mass is 9.55. The number of aromatic hydroxyl groups is 1. The number of carbonyl (C=O) groups is 1. The van der Waals surface area contributed by atoms with E-state index >= 15 is 0 Å². The molecular weight excluding hydrogens is 548 g/mol. The van der Waals surface area contributed by atoms with E-state index in [2.05, 4.69) is 12.1 Å². The minimum Gasteiger partial charge on any atom is -0.508 e. The van der Waals surface area contributed by atoms with E-state index in [0.29, 0.717) is 47.5 Å². The summed E-state index contributed by atoms with van der Waals surface area (Å²) < 4.78 is 5.54. The molecule has 3 aliphatic carbocycles. The highest BCUT2D eigenvalue weighted by Gasteiger charge is 2.60. The zero-order valence-corrected chi connectivity index (χ0v) is 24.3. The van der Waals surface area contributed by atoms with Gasteiger partial charge in [0.15, 0.2) is 0 Å². The second-order valence-electron chi connectivity index (χ2n) is 12.2. The molecule has 3 aliphatic rings. The van der Waals surface area contributed by atoms with E-state index in [1.54, 1.807) is 42.5 Å². The van der Waals surface area contributed by atoms with E-state index in [9.17, 15) is 25.1 Å². The van der Waals surface area contributed by atoms with Crippen molar-refractivity contribution in [3.8, 4) is 11.5 Å². The van der Waals surface area contributed by atoms with Gasteiger partial charge < -0.3 is 19.8 Å². The number of fused-ring (bicyclic) bond motifs is 5. The average molecular weight is 585 g/mol. The summed E-state index contributed by atoms with van der Waals surface area (Å²) in [5.41, 5.74) is 3.55. The molecule has 9 heteroatoms. The Bertz CT molecular complexity index is 1550. The summed E-state index contributed by atoms with van der Waals surface area (Å²) in [5.74, 6) is 0.517. The van der Waals surface area contributed by atoms with Crippen LogP contribution >= 0.6 is 0 Å². The zero-order chi connectivity index (χ0) is 30.3. The number of nitro groups is 1. The smallest absolute Gasteiger partial charge is 0.340 e. The van der Waals surface area contributed by atoms with Crippen LogP contribution in [-0.4, -0.2) is 39.5 Å². The maximum absolute atomic E-state index is 13.6. The number of oxime groups is 1. The van der Waals surface area contributed by atoms with Crippen LogP contribution in [0.5, 0.6) is 11.5 Å². The molecule has 0 spiro atoms. The fraction of sp³-hybridized carbons (Fsp3) is 0.412. The van der Waals surface area contributed by atoms with Crippen molar-refractivity contribution in [2.45, 2.75) is 58.0 Å². The van der Waals surface area contributed by atoms with Gasteiger partial charge in [-0.05, 0) is 122 Å². The Morgan fingerprint density at radius 3 is 2.44 bits per heavy atom. The van der Waals surface area contributed by atoms with E-state index in [4.69, 9.17) is 9.57 Å². The molecule has 0 aromatic heterocycles. The standard InChI is InChI=1S/C34H36N2O7/c1-3-42-25-12-6-21(7-13-25)31(20-4-9-23(10-5-20)36(40)41)35-43-33(39)29-19-30-28-14-8-22-18-24(37)11-15-26(22)27(28)16-17-34(30,2)32(29)38/h4-7,9-13,15,18,27-30,32,37-38H,3,8,14,16-17,19H2,1-2H3/t27?,28?,29?,30?,32-,34-/m0/s1. The molecule has 9 nitrogen and oxygen atoms in total. The summed E-state index contributed by atoms with van der Waals surface area (Å²) in [6, 6.07) is 18.7. The summed E-state index contributed by atoms with van der Waals surface area (Å²) in [6.07, 6.45) is 3.22. The molecule has 2 N–H and O–H groups in total. The van der Waals surface area contributed by atoms with Crippen molar-refractivity contribution in [1.82, 2.24) is 0 Å². The second kappa shape index (κ2) is 11.4. The first-order chi connectivity index (χ1) is 20.7. The molecule has 6 atom stereocenters. The van der Waals surface area contributed by atoms with Crippen LogP contribution in [-0.2, 0) is 16.1 Å². The van der Waals surface area contributed by atoms with Crippen LogP contribution in [0.1, 0.15) is 67.7 Å². The minimum absolute atomic E-state index is 0.0582. The average Bonchev–Trinajstić information content (AvgIpc) is 3.28. The number of phenolic OH excluding ortho intramolecular Hbond substituents is 1.